The molecule has 0 spiro atoms. The summed E-state index contributed by atoms with van der Waals surface area (Å²) >= 11 is 1.39. The lowest BCUT2D eigenvalue weighted by Crippen LogP contribution is -2.22. The van der Waals surface area contributed by atoms with Crippen LogP contribution in [-0.4, -0.2) is 12.5 Å². The molecule has 0 bridgehead atoms. The number of alkyl halides is 2. The van der Waals surface area contributed by atoms with Crippen LogP contribution in [0.25, 0.3) is 0 Å². The lowest BCUT2D eigenvalue weighted by atomic mass is 10.2. The second-order valence-corrected chi connectivity index (χ2v) is 5.05. The highest BCUT2D eigenvalue weighted by Crippen LogP contribution is 2.17. The maximum Gasteiger partial charge on any atom is 0.387 e. The molecule has 0 fully saturated rings. The molecule has 0 radical (unpaired) electrons. The van der Waals surface area contributed by atoms with Gasteiger partial charge in [0.15, 0.2) is 0 Å². The van der Waals surface area contributed by atoms with Crippen molar-refractivity contribution in [2.75, 3.05) is 0 Å². The molecule has 0 unspecified atom stereocenters. The van der Waals surface area contributed by atoms with Crippen LogP contribution in [0.1, 0.15) is 20.8 Å². The molecule has 0 saturated heterocycles. The summed E-state index contributed by atoms with van der Waals surface area (Å²) < 4.78 is 28.2. The summed E-state index contributed by atoms with van der Waals surface area (Å²) in [6, 6.07) is 8.06. The SMILES string of the molecule is Cc1ccsc1C(=O)NCc1ccc(OC(F)F)cc1. The van der Waals surface area contributed by atoms with E-state index in [0.717, 1.165) is 11.1 Å². The second-order valence-electron chi connectivity index (χ2n) is 4.14. The number of carbonyl (C=O) groups excluding carboxylic acids is 1. The van der Waals surface area contributed by atoms with Crippen LogP contribution in [0.5, 0.6) is 5.75 Å². The van der Waals surface area contributed by atoms with Gasteiger partial charge in [-0.2, -0.15) is 8.78 Å². The van der Waals surface area contributed by atoms with Crippen LogP contribution in [0, 0.1) is 6.92 Å². The molecular weight excluding hydrogens is 284 g/mol. The Morgan fingerprint density at radius 2 is 2.00 bits per heavy atom. The number of carbonyl (C=O) groups is 1. The Hall–Kier alpha value is -1.95. The quantitative estimate of drug-likeness (QED) is 0.916. The first-order valence-corrected chi connectivity index (χ1v) is 6.80. The average molecular weight is 297 g/mol. The molecule has 6 heteroatoms. The van der Waals surface area contributed by atoms with Crippen molar-refractivity contribution in [3.05, 3.63) is 51.7 Å². The van der Waals surface area contributed by atoms with Gasteiger partial charge in [-0.15, -0.1) is 11.3 Å². The van der Waals surface area contributed by atoms with E-state index in [-0.39, 0.29) is 11.7 Å². The van der Waals surface area contributed by atoms with Crippen molar-refractivity contribution in [1.29, 1.82) is 0 Å². The van der Waals surface area contributed by atoms with Crippen LogP contribution in [-0.2, 0) is 6.54 Å². The molecule has 0 aliphatic carbocycles. The van der Waals surface area contributed by atoms with E-state index in [2.05, 4.69) is 10.1 Å². The van der Waals surface area contributed by atoms with Gasteiger partial charge in [0.2, 0.25) is 0 Å². The number of thiophene rings is 1. The van der Waals surface area contributed by atoms with Gasteiger partial charge < -0.3 is 10.1 Å². The third-order valence-corrected chi connectivity index (χ3v) is 3.69. The number of hydrogen-bond acceptors (Lipinski definition) is 3. The van der Waals surface area contributed by atoms with Gasteiger partial charge >= 0.3 is 6.61 Å². The number of nitrogens with one attached hydrogen (secondary N) is 1. The number of aryl methyl sites for hydroxylation is 1. The number of halogens is 2. The van der Waals surface area contributed by atoms with Gasteiger partial charge in [-0.05, 0) is 41.6 Å². The molecule has 0 aliphatic heterocycles. The summed E-state index contributed by atoms with van der Waals surface area (Å²) in [5.74, 6) is -0.0328. The normalized spacial score (nSPS) is 10.6. The topological polar surface area (TPSA) is 38.3 Å². The number of rotatable bonds is 5. The summed E-state index contributed by atoms with van der Waals surface area (Å²) in [6.07, 6.45) is 0. The van der Waals surface area contributed by atoms with Crippen LogP contribution >= 0.6 is 11.3 Å². The van der Waals surface area contributed by atoms with Gasteiger partial charge in [0.1, 0.15) is 5.75 Å². The molecule has 2 aromatic rings. The van der Waals surface area contributed by atoms with Gasteiger partial charge in [-0.25, -0.2) is 0 Å². The first kappa shape index (κ1) is 14.5. The maximum atomic E-state index is 12.0. The average Bonchev–Trinajstić information content (AvgIpc) is 2.83. The van der Waals surface area contributed by atoms with Gasteiger partial charge in [0, 0.05) is 6.54 Å². The smallest absolute Gasteiger partial charge is 0.387 e. The summed E-state index contributed by atoms with van der Waals surface area (Å²) in [4.78, 5) is 12.6. The third-order valence-electron chi connectivity index (χ3n) is 2.67. The zero-order chi connectivity index (χ0) is 14.5. The summed E-state index contributed by atoms with van der Waals surface area (Å²) in [6.45, 7) is -0.616. The largest absolute Gasteiger partial charge is 0.435 e. The molecule has 2 rings (SSSR count). The number of hydrogen-bond donors (Lipinski definition) is 1. The predicted octanol–water partition coefficient (Wildman–Crippen LogP) is 3.59. The predicted molar refractivity (Wildman–Crippen MR) is 73.3 cm³/mol. The fourth-order valence-corrected chi connectivity index (χ4v) is 2.50. The molecule has 0 atom stereocenters. The van der Waals surface area contributed by atoms with E-state index < -0.39 is 6.61 Å². The molecule has 1 aromatic heterocycles. The third kappa shape index (κ3) is 3.77. The number of ether oxygens (including phenoxy) is 1. The minimum Gasteiger partial charge on any atom is -0.435 e. The Balaban J connectivity index is 1.91. The van der Waals surface area contributed by atoms with Gasteiger partial charge in [-0.3, -0.25) is 4.79 Å². The zero-order valence-corrected chi connectivity index (χ0v) is 11.5. The van der Waals surface area contributed by atoms with Crippen molar-refractivity contribution in [2.24, 2.45) is 0 Å². The molecule has 1 aromatic carbocycles. The molecule has 106 valence electrons. The van der Waals surface area contributed by atoms with Crippen molar-refractivity contribution in [2.45, 2.75) is 20.1 Å². The standard InChI is InChI=1S/C14H13F2NO2S/c1-9-6-7-20-12(9)13(18)17-8-10-2-4-11(5-3-10)19-14(15)16/h2-7,14H,8H2,1H3,(H,17,18). The zero-order valence-electron chi connectivity index (χ0n) is 10.7. The Bertz CT molecular complexity index is 581. The van der Waals surface area contributed by atoms with E-state index in [4.69, 9.17) is 0 Å². The molecule has 20 heavy (non-hydrogen) atoms. The first-order chi connectivity index (χ1) is 9.56. The monoisotopic (exact) mass is 297 g/mol. The van der Waals surface area contributed by atoms with Crippen molar-refractivity contribution in [3.63, 3.8) is 0 Å². The van der Waals surface area contributed by atoms with E-state index in [1.54, 1.807) is 12.1 Å². The Kier molecular flexibility index (Phi) is 4.68. The molecule has 1 heterocycles. The van der Waals surface area contributed by atoms with E-state index in [9.17, 15) is 13.6 Å². The van der Waals surface area contributed by atoms with E-state index in [1.165, 1.54) is 23.5 Å². The fraction of sp³-hybridized carbons (Fsp3) is 0.214. The highest BCUT2D eigenvalue weighted by Gasteiger charge is 2.10. The lowest BCUT2D eigenvalue weighted by Gasteiger charge is -2.07. The maximum absolute atomic E-state index is 12.0. The summed E-state index contributed by atoms with van der Waals surface area (Å²) in [5, 5.41) is 4.65. The molecular formula is C14H13F2NO2S. The Labute approximate surface area is 119 Å². The van der Waals surface area contributed by atoms with Crippen molar-refractivity contribution in [1.82, 2.24) is 5.32 Å². The summed E-state index contributed by atoms with van der Waals surface area (Å²) in [5.41, 5.74) is 1.75. The van der Waals surface area contributed by atoms with Crippen molar-refractivity contribution in [3.8, 4) is 5.75 Å². The first-order valence-electron chi connectivity index (χ1n) is 5.92. The van der Waals surface area contributed by atoms with Crippen LogP contribution in [0.4, 0.5) is 8.78 Å². The molecule has 1 amide bonds. The second kappa shape index (κ2) is 6.47. The molecule has 3 nitrogen and oxygen atoms in total. The van der Waals surface area contributed by atoms with E-state index >= 15 is 0 Å². The van der Waals surface area contributed by atoms with Crippen LogP contribution in [0.3, 0.4) is 0 Å². The molecule has 0 saturated carbocycles. The lowest BCUT2D eigenvalue weighted by molar-refractivity contribution is -0.0498. The molecule has 1 N–H and O–H groups in total. The molecule has 0 aliphatic rings. The van der Waals surface area contributed by atoms with Crippen molar-refractivity contribution < 1.29 is 18.3 Å². The number of amides is 1. The van der Waals surface area contributed by atoms with Crippen LogP contribution in [0.2, 0.25) is 0 Å². The minimum absolute atomic E-state index is 0.101. The highest BCUT2D eigenvalue weighted by atomic mass is 32.1. The highest BCUT2D eigenvalue weighted by molar-refractivity contribution is 7.12. The van der Waals surface area contributed by atoms with Gasteiger partial charge in [0.05, 0.1) is 4.88 Å². The van der Waals surface area contributed by atoms with Gasteiger partial charge in [-0.1, -0.05) is 12.1 Å². The van der Waals surface area contributed by atoms with Gasteiger partial charge in [0.25, 0.3) is 5.91 Å². The van der Waals surface area contributed by atoms with E-state index in [1.807, 2.05) is 18.4 Å². The summed E-state index contributed by atoms with van der Waals surface area (Å²) in [7, 11) is 0. The number of benzene rings is 1. The van der Waals surface area contributed by atoms with Crippen molar-refractivity contribution >= 4 is 17.2 Å². The van der Waals surface area contributed by atoms with E-state index in [0.29, 0.717) is 11.4 Å². The Morgan fingerprint density at radius 1 is 1.30 bits per heavy atom. The minimum atomic E-state index is -2.83. The Morgan fingerprint density at radius 3 is 2.55 bits per heavy atom. The fourth-order valence-electron chi connectivity index (χ4n) is 1.66. The van der Waals surface area contributed by atoms with Crippen LogP contribution in [0.15, 0.2) is 35.7 Å². The van der Waals surface area contributed by atoms with Crippen LogP contribution < -0.4 is 10.1 Å².